The number of hydrogen-bond acceptors (Lipinski definition) is 3. The lowest BCUT2D eigenvalue weighted by molar-refractivity contribution is 0.687. The van der Waals surface area contributed by atoms with E-state index in [1.807, 2.05) is 6.07 Å². The molecule has 3 rings (SSSR count). The first-order valence-electron chi connectivity index (χ1n) is 7.45. The second-order valence-electron chi connectivity index (χ2n) is 5.19. The predicted molar refractivity (Wildman–Crippen MR) is 91.9 cm³/mol. The van der Waals surface area contributed by atoms with Crippen molar-refractivity contribution in [2.45, 2.75) is 31.3 Å². The van der Waals surface area contributed by atoms with Crippen molar-refractivity contribution in [2.75, 3.05) is 0 Å². The van der Waals surface area contributed by atoms with Crippen LogP contribution < -0.4 is 0 Å². The third-order valence-electron chi connectivity index (χ3n) is 3.55. The maximum Gasteiger partial charge on any atom is 0.191 e. The highest BCUT2D eigenvalue weighted by Crippen LogP contribution is 2.26. The van der Waals surface area contributed by atoms with E-state index in [2.05, 4.69) is 77.1 Å². The van der Waals surface area contributed by atoms with Crippen LogP contribution in [-0.4, -0.2) is 14.8 Å². The van der Waals surface area contributed by atoms with Gasteiger partial charge in [-0.25, -0.2) is 0 Å². The van der Waals surface area contributed by atoms with E-state index < -0.39 is 0 Å². The second kappa shape index (κ2) is 6.79. The molecule has 22 heavy (non-hydrogen) atoms. The standard InChI is InChI=1S/C18H19N3S/c1-3-21-17(16-11-9-14(2)10-12-16)19-20-18(21)22-13-15-7-5-4-6-8-15/h4-12H,3,13H2,1-2H3. The van der Waals surface area contributed by atoms with Crippen LogP contribution in [0.15, 0.2) is 59.8 Å². The molecular formula is C18H19N3S. The largest absolute Gasteiger partial charge is 0.302 e. The maximum absolute atomic E-state index is 4.39. The Morgan fingerprint density at radius 3 is 2.36 bits per heavy atom. The topological polar surface area (TPSA) is 30.7 Å². The molecule has 0 saturated heterocycles. The summed E-state index contributed by atoms with van der Waals surface area (Å²) in [4.78, 5) is 0. The number of rotatable bonds is 5. The van der Waals surface area contributed by atoms with Gasteiger partial charge >= 0.3 is 0 Å². The molecule has 0 saturated carbocycles. The van der Waals surface area contributed by atoms with Gasteiger partial charge in [0.1, 0.15) is 0 Å². The van der Waals surface area contributed by atoms with Crippen LogP contribution in [0.5, 0.6) is 0 Å². The molecule has 0 aliphatic carbocycles. The molecule has 112 valence electrons. The Morgan fingerprint density at radius 1 is 0.955 bits per heavy atom. The molecule has 2 aromatic carbocycles. The minimum absolute atomic E-state index is 0.868. The van der Waals surface area contributed by atoms with E-state index in [1.165, 1.54) is 11.1 Å². The Kier molecular flexibility index (Phi) is 4.59. The number of thioether (sulfide) groups is 1. The van der Waals surface area contributed by atoms with Gasteiger partial charge in [-0.3, -0.25) is 0 Å². The fraction of sp³-hybridized carbons (Fsp3) is 0.222. The molecular weight excluding hydrogens is 290 g/mol. The smallest absolute Gasteiger partial charge is 0.191 e. The Bertz CT molecular complexity index is 733. The molecule has 1 heterocycles. The van der Waals surface area contributed by atoms with E-state index in [4.69, 9.17) is 0 Å². The van der Waals surface area contributed by atoms with E-state index >= 15 is 0 Å². The van der Waals surface area contributed by atoms with E-state index in [9.17, 15) is 0 Å². The molecule has 0 unspecified atom stereocenters. The molecule has 0 atom stereocenters. The fourth-order valence-electron chi connectivity index (χ4n) is 2.32. The van der Waals surface area contributed by atoms with Gasteiger partial charge in [0.05, 0.1) is 0 Å². The highest BCUT2D eigenvalue weighted by Gasteiger charge is 2.12. The van der Waals surface area contributed by atoms with Crippen molar-refractivity contribution in [3.8, 4) is 11.4 Å². The van der Waals surface area contributed by atoms with Crippen molar-refractivity contribution >= 4 is 11.8 Å². The van der Waals surface area contributed by atoms with Crippen molar-refractivity contribution in [3.63, 3.8) is 0 Å². The van der Waals surface area contributed by atoms with E-state index in [0.717, 1.165) is 28.8 Å². The van der Waals surface area contributed by atoms with Gasteiger partial charge in [0.25, 0.3) is 0 Å². The summed E-state index contributed by atoms with van der Waals surface area (Å²) < 4.78 is 2.18. The van der Waals surface area contributed by atoms with Gasteiger partial charge < -0.3 is 4.57 Å². The SMILES string of the molecule is CCn1c(SCc2ccccc2)nnc1-c1ccc(C)cc1. The first kappa shape index (κ1) is 14.9. The number of aryl methyl sites for hydroxylation is 1. The van der Waals surface area contributed by atoms with Crippen molar-refractivity contribution in [3.05, 3.63) is 65.7 Å². The molecule has 3 aromatic rings. The van der Waals surface area contributed by atoms with Crippen LogP contribution in [0.4, 0.5) is 0 Å². The van der Waals surface area contributed by atoms with Gasteiger partial charge in [-0.2, -0.15) is 0 Å². The zero-order valence-corrected chi connectivity index (χ0v) is 13.7. The molecule has 0 fully saturated rings. The first-order valence-corrected chi connectivity index (χ1v) is 8.43. The Hall–Kier alpha value is -2.07. The quantitative estimate of drug-likeness (QED) is 0.647. The molecule has 0 N–H and O–H groups in total. The highest BCUT2D eigenvalue weighted by atomic mass is 32.2. The average Bonchev–Trinajstić information content (AvgIpc) is 2.97. The fourth-order valence-corrected chi connectivity index (χ4v) is 3.28. The third kappa shape index (κ3) is 3.22. The predicted octanol–water partition coefficient (Wildman–Crippen LogP) is 4.57. The summed E-state index contributed by atoms with van der Waals surface area (Å²) >= 11 is 1.73. The molecule has 0 spiro atoms. The zero-order valence-electron chi connectivity index (χ0n) is 12.9. The number of nitrogens with zero attached hydrogens (tertiary/aromatic N) is 3. The highest BCUT2D eigenvalue weighted by molar-refractivity contribution is 7.98. The summed E-state index contributed by atoms with van der Waals surface area (Å²) in [6, 6.07) is 18.9. The van der Waals surface area contributed by atoms with Gasteiger partial charge in [-0.05, 0) is 19.4 Å². The summed E-state index contributed by atoms with van der Waals surface area (Å²) in [6.07, 6.45) is 0. The molecule has 0 bridgehead atoms. The van der Waals surface area contributed by atoms with Crippen molar-refractivity contribution in [1.82, 2.24) is 14.8 Å². The second-order valence-corrected chi connectivity index (χ2v) is 6.13. The van der Waals surface area contributed by atoms with Crippen molar-refractivity contribution in [1.29, 1.82) is 0 Å². The summed E-state index contributed by atoms with van der Waals surface area (Å²) in [5, 5.41) is 9.74. The van der Waals surface area contributed by atoms with Gasteiger partial charge in [0, 0.05) is 17.9 Å². The summed E-state index contributed by atoms with van der Waals surface area (Å²) in [7, 11) is 0. The van der Waals surface area contributed by atoms with Crippen LogP contribution in [0.2, 0.25) is 0 Å². The lowest BCUT2D eigenvalue weighted by atomic mass is 10.1. The minimum atomic E-state index is 0.868. The molecule has 0 aliphatic rings. The number of benzene rings is 2. The Labute approximate surface area is 135 Å². The van der Waals surface area contributed by atoms with Gasteiger partial charge in [0.15, 0.2) is 11.0 Å². The number of hydrogen-bond donors (Lipinski definition) is 0. The van der Waals surface area contributed by atoms with Gasteiger partial charge in [-0.15, -0.1) is 10.2 Å². The summed E-state index contributed by atoms with van der Waals surface area (Å²) in [6.45, 7) is 5.09. The molecule has 0 amide bonds. The van der Waals surface area contributed by atoms with E-state index in [-0.39, 0.29) is 0 Å². The normalized spacial score (nSPS) is 10.8. The van der Waals surface area contributed by atoms with Crippen LogP contribution in [0.1, 0.15) is 18.1 Å². The molecule has 4 heteroatoms. The van der Waals surface area contributed by atoms with Crippen molar-refractivity contribution < 1.29 is 0 Å². The molecule has 0 radical (unpaired) electrons. The van der Waals surface area contributed by atoms with Crippen LogP contribution in [0.25, 0.3) is 11.4 Å². The molecule has 1 aromatic heterocycles. The lowest BCUT2D eigenvalue weighted by Crippen LogP contribution is -1.99. The monoisotopic (exact) mass is 309 g/mol. The van der Waals surface area contributed by atoms with Crippen LogP contribution in [-0.2, 0) is 12.3 Å². The maximum atomic E-state index is 4.39. The lowest BCUT2D eigenvalue weighted by Gasteiger charge is -2.07. The van der Waals surface area contributed by atoms with Crippen LogP contribution in [0.3, 0.4) is 0 Å². The van der Waals surface area contributed by atoms with Crippen molar-refractivity contribution in [2.24, 2.45) is 0 Å². The average molecular weight is 309 g/mol. The third-order valence-corrected chi connectivity index (χ3v) is 4.59. The molecule has 0 aliphatic heterocycles. The zero-order chi connectivity index (χ0) is 15.4. The summed E-state index contributed by atoms with van der Waals surface area (Å²) in [5.74, 6) is 1.85. The Morgan fingerprint density at radius 2 is 1.68 bits per heavy atom. The van der Waals surface area contributed by atoms with E-state index in [0.29, 0.717) is 0 Å². The Balaban J connectivity index is 1.82. The summed E-state index contributed by atoms with van der Waals surface area (Å²) in [5.41, 5.74) is 3.67. The first-order chi connectivity index (χ1) is 10.8. The molecule has 3 nitrogen and oxygen atoms in total. The minimum Gasteiger partial charge on any atom is -0.302 e. The number of aromatic nitrogens is 3. The van der Waals surface area contributed by atoms with Gasteiger partial charge in [0.2, 0.25) is 0 Å². The van der Waals surface area contributed by atoms with Crippen LogP contribution >= 0.6 is 11.8 Å². The van der Waals surface area contributed by atoms with E-state index in [1.54, 1.807) is 11.8 Å². The van der Waals surface area contributed by atoms with Crippen LogP contribution in [0, 0.1) is 6.92 Å². The van der Waals surface area contributed by atoms with Gasteiger partial charge in [-0.1, -0.05) is 71.9 Å².